The largest absolute Gasteiger partial charge is 0.513 e. The SMILES string of the molecule is C/C=C(\F)OC(=O)O. The van der Waals surface area contributed by atoms with Crippen LogP contribution in [-0.2, 0) is 4.74 Å². The Kier molecular flexibility index (Phi) is 2.61. The van der Waals surface area contributed by atoms with E-state index in [-0.39, 0.29) is 0 Å². The van der Waals surface area contributed by atoms with Gasteiger partial charge >= 0.3 is 6.16 Å². The number of hydrogen-bond donors (Lipinski definition) is 1. The molecule has 0 saturated heterocycles. The highest BCUT2D eigenvalue weighted by atomic mass is 19.1. The maximum absolute atomic E-state index is 11.6. The van der Waals surface area contributed by atoms with Crippen LogP contribution in [0.1, 0.15) is 6.92 Å². The Morgan fingerprint density at radius 2 is 2.38 bits per heavy atom. The Morgan fingerprint density at radius 1 is 1.88 bits per heavy atom. The molecule has 0 saturated carbocycles. The van der Waals surface area contributed by atoms with Gasteiger partial charge in [0.15, 0.2) is 0 Å². The highest BCUT2D eigenvalue weighted by Gasteiger charge is 1.98. The summed E-state index contributed by atoms with van der Waals surface area (Å²) in [5, 5.41) is 7.71. The summed E-state index contributed by atoms with van der Waals surface area (Å²) in [6, 6.07) is -1.10. The zero-order chi connectivity index (χ0) is 6.57. The summed E-state index contributed by atoms with van der Waals surface area (Å²) in [6.45, 7) is 1.33. The van der Waals surface area contributed by atoms with Crippen molar-refractivity contribution in [3.05, 3.63) is 12.1 Å². The first kappa shape index (κ1) is 6.94. The van der Waals surface area contributed by atoms with Gasteiger partial charge in [0.2, 0.25) is 0 Å². The van der Waals surface area contributed by atoms with E-state index in [1.165, 1.54) is 6.92 Å². The van der Waals surface area contributed by atoms with Crippen molar-refractivity contribution < 1.29 is 19.0 Å². The van der Waals surface area contributed by atoms with Crippen molar-refractivity contribution in [3.8, 4) is 0 Å². The Balaban J connectivity index is 3.56. The molecule has 46 valence electrons. The van der Waals surface area contributed by atoms with E-state index in [0.717, 1.165) is 6.08 Å². The van der Waals surface area contributed by atoms with Gasteiger partial charge in [0, 0.05) is 0 Å². The molecule has 0 amide bonds. The third-order valence-electron chi connectivity index (χ3n) is 0.412. The summed E-state index contributed by atoms with van der Waals surface area (Å²) in [6.07, 6.45) is -0.727. The molecule has 0 heterocycles. The summed E-state index contributed by atoms with van der Waals surface area (Å²) in [4.78, 5) is 9.47. The second kappa shape index (κ2) is 3.01. The van der Waals surface area contributed by atoms with Crippen LogP contribution >= 0.6 is 0 Å². The third-order valence-corrected chi connectivity index (χ3v) is 0.412. The molecule has 0 fully saturated rings. The van der Waals surface area contributed by atoms with Crippen LogP contribution in [0.3, 0.4) is 0 Å². The second-order valence-corrected chi connectivity index (χ2v) is 0.961. The van der Waals surface area contributed by atoms with E-state index < -0.39 is 12.2 Å². The molecule has 0 unspecified atom stereocenters. The predicted molar refractivity (Wildman–Crippen MR) is 24.0 cm³/mol. The van der Waals surface area contributed by atoms with E-state index in [2.05, 4.69) is 4.74 Å². The van der Waals surface area contributed by atoms with Gasteiger partial charge in [0.05, 0.1) is 0 Å². The van der Waals surface area contributed by atoms with Crippen LogP contribution in [0.5, 0.6) is 0 Å². The Morgan fingerprint density at radius 3 is 2.50 bits per heavy atom. The number of ether oxygens (including phenoxy) is 1. The topological polar surface area (TPSA) is 46.5 Å². The maximum atomic E-state index is 11.6. The van der Waals surface area contributed by atoms with Gasteiger partial charge in [-0.05, 0) is 13.0 Å². The fourth-order valence-electron chi connectivity index (χ4n) is 0.142. The molecule has 0 atom stereocenters. The minimum absolute atomic E-state index is 0.911. The monoisotopic (exact) mass is 120 g/mol. The lowest BCUT2D eigenvalue weighted by Gasteiger charge is -1.89. The zero-order valence-electron chi connectivity index (χ0n) is 4.22. The van der Waals surface area contributed by atoms with Crippen molar-refractivity contribution in [1.82, 2.24) is 0 Å². The molecular formula is C4H5FO3. The molecule has 0 bridgehead atoms. The number of halogens is 1. The summed E-state index contributed by atoms with van der Waals surface area (Å²) < 4.78 is 15.2. The zero-order valence-corrected chi connectivity index (χ0v) is 4.22. The molecular weight excluding hydrogens is 115 g/mol. The van der Waals surface area contributed by atoms with Crippen LogP contribution < -0.4 is 0 Å². The molecule has 0 aromatic carbocycles. The van der Waals surface area contributed by atoms with Crippen LogP contribution in [-0.4, -0.2) is 11.3 Å². The predicted octanol–water partition coefficient (Wildman–Crippen LogP) is 1.51. The van der Waals surface area contributed by atoms with E-state index in [4.69, 9.17) is 5.11 Å². The van der Waals surface area contributed by atoms with E-state index in [9.17, 15) is 9.18 Å². The molecule has 4 heteroatoms. The summed E-state index contributed by atoms with van der Waals surface area (Å²) >= 11 is 0. The van der Waals surface area contributed by atoms with Crippen molar-refractivity contribution in [3.63, 3.8) is 0 Å². The number of carboxylic acid groups (broad SMARTS) is 1. The summed E-state index contributed by atoms with van der Waals surface area (Å²) in [5.41, 5.74) is 0. The minimum atomic E-state index is -1.64. The average Bonchev–Trinajstić information content (AvgIpc) is 1.65. The van der Waals surface area contributed by atoms with E-state index >= 15 is 0 Å². The van der Waals surface area contributed by atoms with Gasteiger partial charge < -0.3 is 9.84 Å². The van der Waals surface area contributed by atoms with Gasteiger partial charge in [-0.2, -0.15) is 4.39 Å². The fraction of sp³-hybridized carbons (Fsp3) is 0.250. The molecule has 0 aromatic rings. The van der Waals surface area contributed by atoms with Crippen molar-refractivity contribution in [2.24, 2.45) is 0 Å². The number of carbonyl (C=O) groups is 1. The van der Waals surface area contributed by atoms with Crippen LogP contribution in [0.25, 0.3) is 0 Å². The number of allylic oxidation sites excluding steroid dienone is 1. The lowest BCUT2D eigenvalue weighted by Crippen LogP contribution is -1.95. The van der Waals surface area contributed by atoms with Gasteiger partial charge in [0.1, 0.15) is 0 Å². The molecule has 3 nitrogen and oxygen atoms in total. The average molecular weight is 120 g/mol. The number of rotatable bonds is 1. The lowest BCUT2D eigenvalue weighted by atomic mass is 10.7. The Bertz CT molecular complexity index is 118. The molecule has 0 aromatic heterocycles. The van der Waals surface area contributed by atoms with Gasteiger partial charge in [0.25, 0.3) is 6.01 Å². The third kappa shape index (κ3) is 3.14. The normalized spacial score (nSPS) is 11.0. The molecule has 1 N–H and O–H groups in total. The number of hydrogen-bond acceptors (Lipinski definition) is 2. The first-order chi connectivity index (χ1) is 3.66. The highest BCUT2D eigenvalue weighted by Crippen LogP contribution is 1.96. The van der Waals surface area contributed by atoms with E-state index in [0.29, 0.717) is 0 Å². The lowest BCUT2D eigenvalue weighted by molar-refractivity contribution is 0.0980. The van der Waals surface area contributed by atoms with E-state index in [1.807, 2.05) is 0 Å². The first-order valence-electron chi connectivity index (χ1n) is 1.89. The van der Waals surface area contributed by atoms with Crippen LogP contribution in [0.15, 0.2) is 12.1 Å². The van der Waals surface area contributed by atoms with Crippen molar-refractivity contribution in [2.75, 3.05) is 0 Å². The summed E-state index contributed by atoms with van der Waals surface area (Å²) in [7, 11) is 0. The van der Waals surface area contributed by atoms with Crippen LogP contribution in [0.2, 0.25) is 0 Å². The summed E-state index contributed by atoms with van der Waals surface area (Å²) in [5.74, 6) is 0. The fourth-order valence-corrected chi connectivity index (χ4v) is 0.142. The van der Waals surface area contributed by atoms with Crippen molar-refractivity contribution >= 4 is 6.16 Å². The second-order valence-electron chi connectivity index (χ2n) is 0.961. The smallest absolute Gasteiger partial charge is 0.449 e. The molecule has 0 rings (SSSR count). The molecule has 0 aliphatic rings. The van der Waals surface area contributed by atoms with Gasteiger partial charge in [-0.3, -0.25) is 0 Å². The maximum Gasteiger partial charge on any atom is 0.513 e. The molecule has 0 aliphatic carbocycles. The molecule has 0 aliphatic heterocycles. The molecule has 0 spiro atoms. The highest BCUT2D eigenvalue weighted by molar-refractivity contribution is 5.58. The van der Waals surface area contributed by atoms with Gasteiger partial charge in [-0.25, -0.2) is 4.79 Å². The Labute approximate surface area is 45.4 Å². The van der Waals surface area contributed by atoms with Gasteiger partial charge in [-0.15, -0.1) is 0 Å². The van der Waals surface area contributed by atoms with Crippen LogP contribution in [0.4, 0.5) is 9.18 Å². The molecule has 0 radical (unpaired) electrons. The standard InChI is InChI=1S/C4H5FO3/c1-2-3(5)8-4(6)7/h2H,1H3,(H,6,7)/b3-2+. The van der Waals surface area contributed by atoms with Crippen LogP contribution in [0, 0.1) is 0 Å². The van der Waals surface area contributed by atoms with E-state index in [1.54, 1.807) is 0 Å². The van der Waals surface area contributed by atoms with Crippen molar-refractivity contribution in [1.29, 1.82) is 0 Å². The minimum Gasteiger partial charge on any atom is -0.449 e. The Hall–Kier alpha value is -1.06. The molecule has 8 heavy (non-hydrogen) atoms. The van der Waals surface area contributed by atoms with Crippen molar-refractivity contribution in [2.45, 2.75) is 6.92 Å². The first-order valence-corrected chi connectivity index (χ1v) is 1.89. The quantitative estimate of drug-likeness (QED) is 0.421. The van der Waals surface area contributed by atoms with Gasteiger partial charge in [-0.1, -0.05) is 0 Å².